The van der Waals surface area contributed by atoms with E-state index in [0.717, 1.165) is 16.0 Å². The van der Waals surface area contributed by atoms with Gasteiger partial charge in [0.25, 0.3) is 5.56 Å². The summed E-state index contributed by atoms with van der Waals surface area (Å²) in [7, 11) is 1.58. The lowest BCUT2D eigenvalue weighted by Gasteiger charge is -2.07. The lowest BCUT2D eigenvalue weighted by Crippen LogP contribution is -2.29. The first-order valence-electron chi connectivity index (χ1n) is 7.03. The minimum Gasteiger partial charge on any atom is -0.497 e. The van der Waals surface area contributed by atoms with Crippen LogP contribution in [0.2, 0.25) is 0 Å². The average molecular weight is 326 g/mol. The fraction of sp³-hybridized carbons (Fsp3) is 0.133. The molecule has 0 saturated carbocycles. The van der Waals surface area contributed by atoms with Crippen molar-refractivity contribution in [3.05, 3.63) is 53.1 Å². The third kappa shape index (κ3) is 3.46. The van der Waals surface area contributed by atoms with Crippen LogP contribution in [0, 0.1) is 0 Å². The molecule has 1 aromatic carbocycles. The van der Waals surface area contributed by atoms with Crippen LogP contribution in [0.25, 0.3) is 11.3 Å². The zero-order valence-electron chi connectivity index (χ0n) is 12.8. The molecule has 122 valence electrons. The van der Waals surface area contributed by atoms with Crippen molar-refractivity contribution >= 4 is 11.9 Å². The highest BCUT2D eigenvalue weighted by molar-refractivity contribution is 5.88. The molecule has 0 fully saturated rings. The zero-order valence-corrected chi connectivity index (χ0v) is 12.8. The maximum absolute atomic E-state index is 11.9. The number of ether oxygens (including phenoxy) is 1. The van der Waals surface area contributed by atoms with Gasteiger partial charge in [-0.3, -0.25) is 14.9 Å². The van der Waals surface area contributed by atoms with Crippen LogP contribution in [-0.4, -0.2) is 38.0 Å². The van der Waals surface area contributed by atoms with E-state index >= 15 is 0 Å². The predicted molar refractivity (Wildman–Crippen MR) is 85.5 cm³/mol. The molecule has 0 atom stereocenters. The van der Waals surface area contributed by atoms with Crippen molar-refractivity contribution in [1.82, 2.24) is 25.0 Å². The molecule has 0 aliphatic heterocycles. The van der Waals surface area contributed by atoms with Gasteiger partial charge in [-0.2, -0.15) is 15.2 Å². The molecule has 3 aromatic rings. The van der Waals surface area contributed by atoms with E-state index in [2.05, 4.69) is 25.6 Å². The number of methoxy groups -OCH3 is 1. The van der Waals surface area contributed by atoms with Gasteiger partial charge in [0, 0.05) is 11.6 Å². The molecular formula is C15H14N6O3. The van der Waals surface area contributed by atoms with Crippen molar-refractivity contribution in [2.45, 2.75) is 6.54 Å². The van der Waals surface area contributed by atoms with E-state index in [-0.39, 0.29) is 18.1 Å². The van der Waals surface area contributed by atoms with E-state index in [4.69, 9.17) is 4.74 Å². The third-order valence-electron chi connectivity index (χ3n) is 3.22. The Bertz CT molecular complexity index is 886. The first kappa shape index (κ1) is 15.4. The number of nitrogens with zero attached hydrogens (tertiary/aromatic N) is 4. The molecule has 0 saturated heterocycles. The average Bonchev–Trinajstić information content (AvgIpc) is 3.10. The van der Waals surface area contributed by atoms with Gasteiger partial charge in [-0.25, -0.2) is 9.78 Å². The summed E-state index contributed by atoms with van der Waals surface area (Å²) >= 11 is 0. The Kier molecular flexibility index (Phi) is 4.32. The summed E-state index contributed by atoms with van der Waals surface area (Å²) in [5, 5.41) is 12.8. The standard InChI is InChI=1S/C15H14N6O3/c1-24-11-4-2-10(3-5-11)12-6-7-14(23)21(20-12)8-13(22)18-15-16-9-17-19-15/h2-7,9H,8H2,1H3,(H2,16,17,18,19,22). The highest BCUT2D eigenvalue weighted by Crippen LogP contribution is 2.19. The highest BCUT2D eigenvalue weighted by Gasteiger charge is 2.09. The number of carbonyl (C=O) groups excluding carboxylic acids is 1. The maximum Gasteiger partial charge on any atom is 0.267 e. The number of aromatic nitrogens is 5. The predicted octanol–water partition coefficient (Wildman–Crippen LogP) is 0.676. The molecule has 1 amide bonds. The van der Waals surface area contributed by atoms with Crippen LogP contribution in [0.5, 0.6) is 5.75 Å². The third-order valence-corrected chi connectivity index (χ3v) is 3.22. The number of hydrogen-bond acceptors (Lipinski definition) is 6. The van der Waals surface area contributed by atoms with Gasteiger partial charge in [-0.1, -0.05) is 0 Å². The van der Waals surface area contributed by atoms with Gasteiger partial charge in [0.1, 0.15) is 18.6 Å². The number of benzene rings is 1. The number of H-pyrrole nitrogens is 1. The number of aromatic amines is 1. The molecule has 0 aliphatic carbocycles. The summed E-state index contributed by atoms with van der Waals surface area (Å²) in [6.45, 7) is -0.233. The van der Waals surface area contributed by atoms with Crippen LogP contribution in [0.15, 0.2) is 47.5 Å². The van der Waals surface area contributed by atoms with Gasteiger partial charge in [0.05, 0.1) is 12.8 Å². The minimum atomic E-state index is -0.437. The number of rotatable bonds is 5. The number of anilines is 1. The highest BCUT2D eigenvalue weighted by atomic mass is 16.5. The largest absolute Gasteiger partial charge is 0.497 e. The molecule has 0 unspecified atom stereocenters. The second-order valence-corrected chi connectivity index (χ2v) is 4.83. The smallest absolute Gasteiger partial charge is 0.267 e. The maximum atomic E-state index is 11.9. The Labute approximate surface area is 136 Å². The normalized spacial score (nSPS) is 10.4. The molecule has 2 heterocycles. The van der Waals surface area contributed by atoms with Crippen molar-refractivity contribution in [2.75, 3.05) is 12.4 Å². The summed E-state index contributed by atoms with van der Waals surface area (Å²) in [5.41, 5.74) is 1.00. The number of amides is 1. The molecule has 9 heteroatoms. The molecule has 0 spiro atoms. The summed E-state index contributed by atoms with van der Waals surface area (Å²) in [6.07, 6.45) is 1.27. The Hall–Kier alpha value is -3.49. The van der Waals surface area contributed by atoms with Crippen molar-refractivity contribution in [3.63, 3.8) is 0 Å². The second-order valence-electron chi connectivity index (χ2n) is 4.83. The molecule has 0 aliphatic rings. The Morgan fingerprint density at radius 1 is 1.25 bits per heavy atom. The van der Waals surface area contributed by atoms with Gasteiger partial charge in [0.2, 0.25) is 11.9 Å². The molecule has 9 nitrogen and oxygen atoms in total. The zero-order chi connectivity index (χ0) is 16.9. The number of hydrogen-bond donors (Lipinski definition) is 2. The second kappa shape index (κ2) is 6.73. The Morgan fingerprint density at radius 2 is 2.04 bits per heavy atom. The van der Waals surface area contributed by atoms with Crippen molar-refractivity contribution < 1.29 is 9.53 Å². The van der Waals surface area contributed by atoms with E-state index in [1.54, 1.807) is 25.3 Å². The minimum absolute atomic E-state index is 0.208. The fourth-order valence-corrected chi connectivity index (χ4v) is 2.05. The molecule has 24 heavy (non-hydrogen) atoms. The number of nitrogens with one attached hydrogen (secondary N) is 2. The molecule has 3 rings (SSSR count). The van der Waals surface area contributed by atoms with Crippen LogP contribution in [0.3, 0.4) is 0 Å². The Balaban J connectivity index is 1.80. The molecular weight excluding hydrogens is 312 g/mol. The van der Waals surface area contributed by atoms with E-state index in [0.29, 0.717) is 5.69 Å². The Morgan fingerprint density at radius 3 is 2.71 bits per heavy atom. The SMILES string of the molecule is COc1ccc(-c2ccc(=O)n(CC(=O)Nc3ncn[nH]3)n2)cc1. The number of carbonyl (C=O) groups is 1. The quantitative estimate of drug-likeness (QED) is 0.712. The summed E-state index contributed by atoms with van der Waals surface area (Å²) in [5.74, 6) is 0.492. The summed E-state index contributed by atoms with van der Waals surface area (Å²) in [6, 6.07) is 10.2. The van der Waals surface area contributed by atoms with Gasteiger partial charge in [0.15, 0.2) is 0 Å². The van der Waals surface area contributed by atoms with Crippen LogP contribution in [0.4, 0.5) is 5.95 Å². The van der Waals surface area contributed by atoms with E-state index < -0.39 is 5.91 Å². The van der Waals surface area contributed by atoms with E-state index in [1.807, 2.05) is 12.1 Å². The first-order chi connectivity index (χ1) is 11.7. The van der Waals surface area contributed by atoms with Crippen molar-refractivity contribution in [3.8, 4) is 17.0 Å². The first-order valence-corrected chi connectivity index (χ1v) is 7.03. The van der Waals surface area contributed by atoms with Crippen molar-refractivity contribution in [1.29, 1.82) is 0 Å². The van der Waals surface area contributed by atoms with Gasteiger partial charge < -0.3 is 4.74 Å². The van der Waals surface area contributed by atoms with Crippen molar-refractivity contribution in [2.24, 2.45) is 0 Å². The summed E-state index contributed by atoms with van der Waals surface area (Å²) < 4.78 is 6.20. The van der Waals surface area contributed by atoms with Crippen LogP contribution in [0.1, 0.15) is 0 Å². The molecule has 2 N–H and O–H groups in total. The van der Waals surface area contributed by atoms with E-state index in [1.165, 1.54) is 12.4 Å². The van der Waals surface area contributed by atoms with Gasteiger partial charge >= 0.3 is 0 Å². The molecule has 2 aromatic heterocycles. The van der Waals surface area contributed by atoms with Crippen LogP contribution >= 0.6 is 0 Å². The summed E-state index contributed by atoms with van der Waals surface area (Å²) in [4.78, 5) is 27.6. The van der Waals surface area contributed by atoms with E-state index in [9.17, 15) is 9.59 Å². The molecule has 0 bridgehead atoms. The monoisotopic (exact) mass is 326 g/mol. The molecule has 0 radical (unpaired) electrons. The lowest BCUT2D eigenvalue weighted by molar-refractivity contribution is -0.117. The topological polar surface area (TPSA) is 115 Å². The lowest BCUT2D eigenvalue weighted by atomic mass is 10.1. The van der Waals surface area contributed by atoms with Crippen LogP contribution in [-0.2, 0) is 11.3 Å². The van der Waals surface area contributed by atoms with Crippen LogP contribution < -0.4 is 15.6 Å². The van der Waals surface area contributed by atoms with Gasteiger partial charge in [-0.05, 0) is 30.3 Å². The fourth-order valence-electron chi connectivity index (χ4n) is 2.05. The van der Waals surface area contributed by atoms with Gasteiger partial charge in [-0.15, -0.1) is 0 Å².